The quantitative estimate of drug-likeness (QED) is 0.775. The number of carbonyl (C=O) groups is 1. The van der Waals surface area contributed by atoms with Crippen LogP contribution in [0.25, 0.3) is 0 Å². The molecule has 1 aliphatic heterocycles. The fourth-order valence-electron chi connectivity index (χ4n) is 2.42. The molecule has 1 amide bonds. The van der Waals surface area contributed by atoms with Crippen LogP contribution >= 0.6 is 15.9 Å². The number of hydrogen-bond acceptors (Lipinski definition) is 4. The van der Waals surface area contributed by atoms with Gasteiger partial charge in [0.1, 0.15) is 0 Å². The molecule has 0 aromatic heterocycles. The summed E-state index contributed by atoms with van der Waals surface area (Å²) in [7, 11) is -3.59. The molecule has 1 fully saturated rings. The van der Waals surface area contributed by atoms with Crippen molar-refractivity contribution in [3.63, 3.8) is 0 Å². The van der Waals surface area contributed by atoms with Crippen molar-refractivity contribution in [2.75, 3.05) is 32.8 Å². The topological polar surface area (TPSA) is 66.9 Å². The molecule has 0 radical (unpaired) electrons. The Balaban J connectivity index is 2.17. The predicted octanol–water partition coefficient (Wildman–Crippen LogP) is 2.53. The number of piperazine rings is 1. The summed E-state index contributed by atoms with van der Waals surface area (Å²) in [6.45, 7) is 7.08. The van der Waals surface area contributed by atoms with Gasteiger partial charge in [-0.3, -0.25) is 0 Å². The maximum Gasteiger partial charge on any atom is 0.409 e. The van der Waals surface area contributed by atoms with Gasteiger partial charge in [-0.2, -0.15) is 4.31 Å². The summed E-state index contributed by atoms with van der Waals surface area (Å²) in [6, 6.07) is 3.50. The van der Waals surface area contributed by atoms with E-state index >= 15 is 0 Å². The Morgan fingerprint density at radius 3 is 2.30 bits per heavy atom. The molecule has 1 aliphatic rings. The van der Waals surface area contributed by atoms with Crippen LogP contribution < -0.4 is 0 Å². The molecular weight excluding hydrogens is 384 g/mol. The van der Waals surface area contributed by atoms with Crippen molar-refractivity contribution in [1.82, 2.24) is 9.21 Å². The van der Waals surface area contributed by atoms with Crippen molar-refractivity contribution in [3.8, 4) is 0 Å². The Labute approximate surface area is 145 Å². The van der Waals surface area contributed by atoms with Gasteiger partial charge in [0, 0.05) is 30.7 Å². The summed E-state index contributed by atoms with van der Waals surface area (Å²) < 4.78 is 32.6. The van der Waals surface area contributed by atoms with Crippen LogP contribution in [0.4, 0.5) is 4.79 Å². The van der Waals surface area contributed by atoms with E-state index in [0.717, 1.165) is 11.1 Å². The van der Waals surface area contributed by atoms with Crippen molar-refractivity contribution in [1.29, 1.82) is 0 Å². The summed E-state index contributed by atoms with van der Waals surface area (Å²) in [5, 5.41) is 0. The summed E-state index contributed by atoms with van der Waals surface area (Å²) in [6.07, 6.45) is -0.392. The monoisotopic (exact) mass is 404 g/mol. The zero-order valence-corrected chi connectivity index (χ0v) is 15.9. The zero-order valence-electron chi connectivity index (χ0n) is 13.5. The van der Waals surface area contributed by atoms with E-state index < -0.39 is 16.1 Å². The molecule has 0 N–H and O–H groups in total. The standard InChI is InChI=1S/C15H21BrN2O4S/c1-4-22-15(19)17-5-7-18(8-6-17)23(20,21)14-10-12(3)11(2)9-13(14)16/h9-10H,4-8H2,1-3H3. The maximum absolute atomic E-state index is 12.8. The van der Waals surface area contributed by atoms with Gasteiger partial charge in [0.2, 0.25) is 10.0 Å². The first-order chi connectivity index (χ1) is 10.8. The SMILES string of the molecule is CCOC(=O)N1CCN(S(=O)(=O)c2cc(C)c(C)cc2Br)CC1. The van der Waals surface area contributed by atoms with Crippen LogP contribution in [0.1, 0.15) is 18.1 Å². The third-order valence-electron chi connectivity index (χ3n) is 3.93. The number of halogens is 1. The highest BCUT2D eigenvalue weighted by Crippen LogP contribution is 2.28. The number of amides is 1. The number of ether oxygens (including phenoxy) is 1. The number of nitrogens with zero attached hydrogens (tertiary/aromatic N) is 2. The fourth-order valence-corrected chi connectivity index (χ4v) is 5.04. The second kappa shape index (κ2) is 7.19. The van der Waals surface area contributed by atoms with Crippen molar-refractivity contribution >= 4 is 32.0 Å². The molecular formula is C15H21BrN2O4S. The van der Waals surface area contributed by atoms with Crippen molar-refractivity contribution < 1.29 is 17.9 Å². The van der Waals surface area contributed by atoms with Gasteiger partial charge in [-0.15, -0.1) is 0 Å². The van der Waals surface area contributed by atoms with E-state index in [1.54, 1.807) is 13.0 Å². The first kappa shape index (κ1) is 18.2. The molecule has 0 unspecified atom stereocenters. The average molecular weight is 405 g/mol. The largest absolute Gasteiger partial charge is 0.450 e. The van der Waals surface area contributed by atoms with Crippen LogP contribution in [-0.4, -0.2) is 56.5 Å². The highest BCUT2D eigenvalue weighted by Gasteiger charge is 2.32. The lowest BCUT2D eigenvalue weighted by atomic mass is 10.1. The number of carbonyl (C=O) groups excluding carboxylic acids is 1. The Hall–Kier alpha value is -1.12. The van der Waals surface area contributed by atoms with Crippen molar-refractivity contribution in [2.24, 2.45) is 0 Å². The van der Waals surface area contributed by atoms with Gasteiger partial charge >= 0.3 is 6.09 Å². The number of rotatable bonds is 3. The van der Waals surface area contributed by atoms with Gasteiger partial charge in [-0.05, 0) is 60.0 Å². The molecule has 0 bridgehead atoms. The van der Waals surface area contributed by atoms with Crippen molar-refractivity contribution in [3.05, 3.63) is 27.7 Å². The molecule has 6 nitrogen and oxygen atoms in total. The molecule has 8 heteroatoms. The smallest absolute Gasteiger partial charge is 0.409 e. The van der Waals surface area contributed by atoms with Crippen LogP contribution in [0.2, 0.25) is 0 Å². The summed E-state index contributed by atoms with van der Waals surface area (Å²) in [5.74, 6) is 0. The molecule has 1 heterocycles. The summed E-state index contributed by atoms with van der Waals surface area (Å²) in [4.78, 5) is 13.5. The molecule has 0 aliphatic carbocycles. The van der Waals surface area contributed by atoms with Gasteiger partial charge in [-0.1, -0.05) is 0 Å². The van der Waals surface area contributed by atoms with Gasteiger partial charge in [0.05, 0.1) is 11.5 Å². The minimum absolute atomic E-state index is 0.264. The van der Waals surface area contributed by atoms with E-state index in [2.05, 4.69) is 15.9 Å². The Morgan fingerprint density at radius 2 is 1.74 bits per heavy atom. The van der Waals surface area contributed by atoms with Gasteiger partial charge in [-0.25, -0.2) is 13.2 Å². The molecule has 0 saturated carbocycles. The number of benzene rings is 1. The minimum Gasteiger partial charge on any atom is -0.450 e. The van der Waals surface area contributed by atoms with E-state index in [9.17, 15) is 13.2 Å². The van der Waals surface area contributed by atoms with E-state index in [1.807, 2.05) is 19.9 Å². The first-order valence-electron chi connectivity index (χ1n) is 7.46. The van der Waals surface area contributed by atoms with Crippen LogP contribution in [0, 0.1) is 13.8 Å². The van der Waals surface area contributed by atoms with Gasteiger partial charge in [0.15, 0.2) is 0 Å². The lowest BCUT2D eigenvalue weighted by molar-refractivity contribution is 0.0934. The third kappa shape index (κ3) is 3.87. The van der Waals surface area contributed by atoms with Crippen molar-refractivity contribution in [2.45, 2.75) is 25.7 Å². The molecule has 1 aromatic carbocycles. The Bertz CT molecular complexity index is 698. The molecule has 23 heavy (non-hydrogen) atoms. The van der Waals surface area contributed by atoms with Gasteiger partial charge in [0.25, 0.3) is 0 Å². The summed E-state index contributed by atoms with van der Waals surface area (Å²) in [5.41, 5.74) is 1.96. The molecule has 0 spiro atoms. The number of hydrogen-bond donors (Lipinski definition) is 0. The second-order valence-electron chi connectivity index (χ2n) is 5.46. The fraction of sp³-hybridized carbons (Fsp3) is 0.533. The van der Waals surface area contributed by atoms with E-state index in [-0.39, 0.29) is 18.0 Å². The molecule has 1 aromatic rings. The Kier molecular flexibility index (Phi) is 5.70. The van der Waals surface area contributed by atoms with E-state index in [4.69, 9.17) is 4.74 Å². The molecule has 2 rings (SSSR count). The van der Waals surface area contributed by atoms with Crippen LogP contribution in [-0.2, 0) is 14.8 Å². The van der Waals surface area contributed by atoms with Crippen LogP contribution in [0.5, 0.6) is 0 Å². The first-order valence-corrected chi connectivity index (χ1v) is 9.69. The second-order valence-corrected chi connectivity index (χ2v) is 8.22. The highest BCUT2D eigenvalue weighted by atomic mass is 79.9. The minimum atomic E-state index is -3.59. The zero-order chi connectivity index (χ0) is 17.2. The van der Waals surface area contributed by atoms with E-state index in [0.29, 0.717) is 24.2 Å². The third-order valence-corrected chi connectivity index (χ3v) is 6.79. The highest BCUT2D eigenvalue weighted by molar-refractivity contribution is 9.10. The predicted molar refractivity (Wildman–Crippen MR) is 91.0 cm³/mol. The van der Waals surface area contributed by atoms with Gasteiger partial charge < -0.3 is 9.64 Å². The Morgan fingerprint density at radius 1 is 1.17 bits per heavy atom. The summed E-state index contributed by atoms with van der Waals surface area (Å²) >= 11 is 3.35. The van der Waals surface area contributed by atoms with Crippen LogP contribution in [0.3, 0.4) is 0 Å². The number of aryl methyl sites for hydroxylation is 2. The normalized spacial score (nSPS) is 16.4. The molecule has 128 valence electrons. The average Bonchev–Trinajstić information content (AvgIpc) is 2.51. The lowest BCUT2D eigenvalue weighted by Crippen LogP contribution is -2.50. The molecule has 1 saturated heterocycles. The lowest BCUT2D eigenvalue weighted by Gasteiger charge is -2.33. The molecule has 0 atom stereocenters. The van der Waals surface area contributed by atoms with E-state index in [1.165, 1.54) is 9.21 Å². The van der Waals surface area contributed by atoms with Crippen LogP contribution in [0.15, 0.2) is 21.5 Å². The maximum atomic E-state index is 12.8. The number of sulfonamides is 1.